The molecule has 0 saturated heterocycles. The topological polar surface area (TPSA) is 22.0 Å². The van der Waals surface area contributed by atoms with E-state index in [0.717, 1.165) is 48.8 Å². The molecule has 0 amide bonds. The Bertz CT molecular complexity index is 924. The van der Waals surface area contributed by atoms with Crippen LogP contribution in [0.15, 0.2) is 54.7 Å². The second-order valence-corrected chi connectivity index (χ2v) is 6.37. The van der Waals surface area contributed by atoms with Crippen molar-refractivity contribution in [3.8, 4) is 0 Å². The van der Waals surface area contributed by atoms with Gasteiger partial charge in [0.15, 0.2) is 5.78 Å². The van der Waals surface area contributed by atoms with Gasteiger partial charge in [-0.3, -0.25) is 4.79 Å². The van der Waals surface area contributed by atoms with Crippen LogP contribution >= 0.6 is 0 Å². The molecule has 0 saturated carbocycles. The molecule has 0 spiro atoms. The third-order valence-corrected chi connectivity index (χ3v) is 4.49. The predicted octanol–water partition coefficient (Wildman–Crippen LogP) is 6.08. The van der Waals surface area contributed by atoms with Crippen LogP contribution in [0.2, 0.25) is 0 Å². The highest BCUT2D eigenvalue weighted by Gasteiger charge is 2.31. The second kappa shape index (κ2) is 7.36. The largest absolute Gasteiger partial charge is 0.416 e. The van der Waals surface area contributed by atoms with Crippen molar-refractivity contribution in [2.45, 2.75) is 38.9 Å². The molecule has 3 rings (SSSR count). The zero-order chi connectivity index (χ0) is 18.7. The van der Waals surface area contributed by atoms with Gasteiger partial charge in [0.05, 0.1) is 5.56 Å². The van der Waals surface area contributed by atoms with Gasteiger partial charge in [-0.25, -0.2) is 0 Å². The van der Waals surface area contributed by atoms with Gasteiger partial charge in [0.25, 0.3) is 0 Å². The second-order valence-electron chi connectivity index (χ2n) is 6.37. The standard InChI is InChI=1S/C21H20F3NO/c1-2-3-6-12-25-14-18(17-10-4-5-11-19(17)25)20(26)15-8-7-9-16(13-15)21(22,23)24/h4-5,7-11,13-14H,2-3,6,12H2,1H3. The number of para-hydroxylation sites is 1. The maximum absolute atomic E-state index is 12.9. The summed E-state index contributed by atoms with van der Waals surface area (Å²) in [6.07, 6.45) is 0.471. The molecule has 1 aromatic heterocycles. The van der Waals surface area contributed by atoms with Crippen molar-refractivity contribution in [1.82, 2.24) is 4.57 Å². The summed E-state index contributed by atoms with van der Waals surface area (Å²) < 4.78 is 40.9. The van der Waals surface area contributed by atoms with E-state index < -0.39 is 11.7 Å². The lowest BCUT2D eigenvalue weighted by Crippen LogP contribution is -2.08. The number of unbranched alkanes of at least 4 members (excludes halogenated alkanes) is 2. The average molecular weight is 359 g/mol. The Hall–Kier alpha value is -2.56. The van der Waals surface area contributed by atoms with Gasteiger partial charge in [0.2, 0.25) is 0 Å². The quantitative estimate of drug-likeness (QED) is 0.386. The van der Waals surface area contributed by atoms with Crippen LogP contribution in [0.3, 0.4) is 0 Å². The Balaban J connectivity index is 2.01. The molecule has 0 radical (unpaired) electrons. The summed E-state index contributed by atoms with van der Waals surface area (Å²) in [5, 5.41) is 0.770. The van der Waals surface area contributed by atoms with E-state index in [1.165, 1.54) is 12.1 Å². The average Bonchev–Trinajstić information content (AvgIpc) is 3.00. The molecule has 5 heteroatoms. The molecule has 26 heavy (non-hydrogen) atoms. The highest BCUT2D eigenvalue weighted by atomic mass is 19.4. The Morgan fingerprint density at radius 3 is 2.54 bits per heavy atom. The molecule has 2 nitrogen and oxygen atoms in total. The van der Waals surface area contributed by atoms with Crippen LogP contribution in [0.4, 0.5) is 13.2 Å². The van der Waals surface area contributed by atoms with Crippen LogP contribution < -0.4 is 0 Å². The van der Waals surface area contributed by atoms with Crippen LogP contribution in [0, 0.1) is 0 Å². The van der Waals surface area contributed by atoms with Crippen molar-refractivity contribution in [3.63, 3.8) is 0 Å². The first-order chi connectivity index (χ1) is 12.4. The molecule has 136 valence electrons. The van der Waals surface area contributed by atoms with Crippen LogP contribution in [-0.2, 0) is 12.7 Å². The number of rotatable bonds is 6. The van der Waals surface area contributed by atoms with E-state index in [9.17, 15) is 18.0 Å². The molecular formula is C21H20F3NO. The third-order valence-electron chi connectivity index (χ3n) is 4.49. The monoisotopic (exact) mass is 359 g/mol. The number of benzene rings is 2. The minimum absolute atomic E-state index is 0.0521. The normalized spacial score (nSPS) is 11.8. The summed E-state index contributed by atoms with van der Waals surface area (Å²) in [5.41, 5.74) is 0.613. The van der Waals surface area contributed by atoms with Gasteiger partial charge >= 0.3 is 6.18 Å². The summed E-state index contributed by atoms with van der Waals surface area (Å²) in [6.45, 7) is 2.90. The summed E-state index contributed by atoms with van der Waals surface area (Å²) in [5.74, 6) is -0.387. The minimum atomic E-state index is -4.47. The number of aryl methyl sites for hydroxylation is 1. The summed E-state index contributed by atoms with van der Waals surface area (Å²) in [6, 6.07) is 12.1. The fourth-order valence-corrected chi connectivity index (χ4v) is 3.14. The van der Waals surface area contributed by atoms with Gasteiger partial charge in [-0.1, -0.05) is 50.1 Å². The molecule has 0 aliphatic carbocycles. The molecule has 0 aliphatic heterocycles. The number of carbonyl (C=O) groups is 1. The van der Waals surface area contributed by atoms with Gasteiger partial charge in [0.1, 0.15) is 0 Å². The lowest BCUT2D eigenvalue weighted by Gasteiger charge is -2.08. The fourth-order valence-electron chi connectivity index (χ4n) is 3.14. The minimum Gasteiger partial charge on any atom is -0.347 e. The van der Waals surface area contributed by atoms with Crippen molar-refractivity contribution in [3.05, 3.63) is 71.4 Å². The maximum Gasteiger partial charge on any atom is 0.416 e. The van der Waals surface area contributed by atoms with Crippen LogP contribution in [0.5, 0.6) is 0 Å². The Labute approximate surface area is 150 Å². The SMILES string of the molecule is CCCCCn1cc(C(=O)c2cccc(C(F)(F)F)c2)c2ccccc21. The van der Waals surface area contributed by atoms with Crippen molar-refractivity contribution >= 4 is 16.7 Å². The van der Waals surface area contributed by atoms with Gasteiger partial charge < -0.3 is 4.57 Å². The van der Waals surface area contributed by atoms with E-state index in [4.69, 9.17) is 0 Å². The lowest BCUT2D eigenvalue weighted by molar-refractivity contribution is -0.137. The van der Waals surface area contributed by atoms with Crippen molar-refractivity contribution in [2.24, 2.45) is 0 Å². The third kappa shape index (κ3) is 3.66. The van der Waals surface area contributed by atoms with E-state index in [-0.39, 0.29) is 11.3 Å². The first kappa shape index (κ1) is 18.2. The molecule has 0 atom stereocenters. The van der Waals surface area contributed by atoms with Crippen LogP contribution in [-0.4, -0.2) is 10.4 Å². The number of nitrogens with zero attached hydrogens (tertiary/aromatic N) is 1. The Morgan fingerprint density at radius 2 is 1.81 bits per heavy atom. The molecule has 0 unspecified atom stereocenters. The van der Waals surface area contributed by atoms with Gasteiger partial charge in [-0.15, -0.1) is 0 Å². The molecule has 0 fully saturated rings. The molecule has 3 aromatic rings. The summed E-state index contributed by atoms with van der Waals surface area (Å²) in [4.78, 5) is 12.9. The molecule has 1 heterocycles. The van der Waals surface area contributed by atoms with Crippen molar-refractivity contribution in [1.29, 1.82) is 0 Å². The number of aromatic nitrogens is 1. The first-order valence-corrected chi connectivity index (χ1v) is 8.71. The highest BCUT2D eigenvalue weighted by Crippen LogP contribution is 2.31. The van der Waals surface area contributed by atoms with Crippen LogP contribution in [0.1, 0.15) is 47.7 Å². The molecule has 2 aromatic carbocycles. The first-order valence-electron chi connectivity index (χ1n) is 8.71. The van der Waals surface area contributed by atoms with Gasteiger partial charge in [-0.2, -0.15) is 13.2 Å². The predicted molar refractivity (Wildman–Crippen MR) is 96.3 cm³/mol. The van der Waals surface area contributed by atoms with E-state index >= 15 is 0 Å². The number of fused-ring (bicyclic) bond motifs is 1. The van der Waals surface area contributed by atoms with Gasteiger partial charge in [-0.05, 0) is 24.6 Å². The van der Waals surface area contributed by atoms with E-state index in [1.807, 2.05) is 28.8 Å². The van der Waals surface area contributed by atoms with E-state index in [2.05, 4.69) is 6.92 Å². The number of halogens is 3. The zero-order valence-electron chi connectivity index (χ0n) is 14.5. The Morgan fingerprint density at radius 1 is 1.04 bits per heavy atom. The van der Waals surface area contributed by atoms with Gasteiger partial charge in [0, 0.05) is 34.8 Å². The fraction of sp³-hybridized carbons (Fsp3) is 0.286. The summed E-state index contributed by atoms with van der Waals surface area (Å²) >= 11 is 0. The molecular weight excluding hydrogens is 339 g/mol. The number of carbonyl (C=O) groups excluding carboxylic acids is 1. The Kier molecular flexibility index (Phi) is 5.16. The summed E-state index contributed by atoms with van der Waals surface area (Å²) in [7, 11) is 0. The maximum atomic E-state index is 12.9. The van der Waals surface area contributed by atoms with E-state index in [1.54, 1.807) is 6.20 Å². The molecule has 0 N–H and O–H groups in total. The van der Waals surface area contributed by atoms with Crippen molar-refractivity contribution in [2.75, 3.05) is 0 Å². The molecule has 0 bridgehead atoms. The number of hydrogen-bond acceptors (Lipinski definition) is 1. The zero-order valence-corrected chi connectivity index (χ0v) is 14.5. The number of alkyl halides is 3. The number of hydrogen-bond donors (Lipinski definition) is 0. The van der Waals surface area contributed by atoms with Crippen molar-refractivity contribution < 1.29 is 18.0 Å². The number of ketones is 1. The molecule has 0 aliphatic rings. The van der Waals surface area contributed by atoms with E-state index in [0.29, 0.717) is 5.56 Å². The van der Waals surface area contributed by atoms with Crippen LogP contribution in [0.25, 0.3) is 10.9 Å². The lowest BCUT2D eigenvalue weighted by atomic mass is 10.0. The highest BCUT2D eigenvalue weighted by molar-refractivity contribution is 6.16. The smallest absolute Gasteiger partial charge is 0.347 e.